The Morgan fingerprint density at radius 2 is 1.67 bits per heavy atom. The molecule has 1 rings (SSSR count). The van der Waals surface area contributed by atoms with Crippen LogP contribution in [0, 0.1) is 0 Å². The number of sulfonamides is 1. The van der Waals surface area contributed by atoms with E-state index in [0.29, 0.717) is 25.7 Å². The number of hydrogen-bond acceptors (Lipinski definition) is 3. The highest BCUT2D eigenvalue weighted by Gasteiger charge is 2.32. The van der Waals surface area contributed by atoms with Crippen LogP contribution < -0.4 is 4.72 Å². The zero-order valence-corrected chi connectivity index (χ0v) is 10.4. The molecule has 4 nitrogen and oxygen atoms in total. The van der Waals surface area contributed by atoms with E-state index >= 15 is 0 Å². The van der Waals surface area contributed by atoms with Crippen molar-refractivity contribution in [3.8, 4) is 0 Å². The van der Waals surface area contributed by atoms with Gasteiger partial charge in [-0.3, -0.25) is 4.79 Å². The van der Waals surface area contributed by atoms with Gasteiger partial charge in [0.2, 0.25) is 10.0 Å². The van der Waals surface area contributed by atoms with Crippen LogP contribution in [-0.4, -0.2) is 25.0 Å². The number of Topliss-reactive ketones (excluding diaryl/α,β-unsaturated/α-hetero) is 1. The summed E-state index contributed by atoms with van der Waals surface area (Å²) in [5.41, 5.74) is 0. The van der Waals surface area contributed by atoms with Crippen LogP contribution in [0.25, 0.3) is 0 Å². The molecule has 1 fully saturated rings. The Labute approximate surface area is 91.5 Å². The maximum atomic E-state index is 11.8. The van der Waals surface area contributed by atoms with Crippen molar-refractivity contribution in [1.82, 2.24) is 4.72 Å². The first kappa shape index (κ1) is 12.6. The SMILES string of the molecule is CC(C)(C)S(=O)(=O)NC1CCC(=O)CC1. The minimum atomic E-state index is -3.28. The van der Waals surface area contributed by atoms with Crippen molar-refractivity contribution in [3.05, 3.63) is 0 Å². The van der Waals surface area contributed by atoms with Crippen molar-refractivity contribution in [1.29, 1.82) is 0 Å². The molecule has 1 saturated carbocycles. The molecular formula is C10H19NO3S. The summed E-state index contributed by atoms with van der Waals surface area (Å²) in [5, 5.41) is 0. The van der Waals surface area contributed by atoms with E-state index in [2.05, 4.69) is 4.72 Å². The normalized spacial score (nSPS) is 20.6. The monoisotopic (exact) mass is 233 g/mol. The number of carbonyl (C=O) groups is 1. The van der Waals surface area contributed by atoms with Crippen LogP contribution in [0.3, 0.4) is 0 Å². The standard InChI is InChI=1S/C10H19NO3S/c1-10(2,3)15(13,14)11-8-4-6-9(12)7-5-8/h8,11H,4-7H2,1-3H3. The Morgan fingerprint density at radius 1 is 1.20 bits per heavy atom. The lowest BCUT2D eigenvalue weighted by atomic mass is 9.95. The molecule has 1 aliphatic carbocycles. The molecule has 0 radical (unpaired) electrons. The lowest BCUT2D eigenvalue weighted by Gasteiger charge is -2.27. The van der Waals surface area contributed by atoms with Crippen molar-refractivity contribution in [2.24, 2.45) is 0 Å². The fourth-order valence-electron chi connectivity index (χ4n) is 1.45. The number of ketones is 1. The van der Waals surface area contributed by atoms with Gasteiger partial charge in [0, 0.05) is 18.9 Å². The predicted molar refractivity (Wildman–Crippen MR) is 59.1 cm³/mol. The van der Waals surface area contributed by atoms with Gasteiger partial charge in [0.25, 0.3) is 0 Å². The van der Waals surface area contributed by atoms with Crippen LogP contribution in [-0.2, 0) is 14.8 Å². The van der Waals surface area contributed by atoms with E-state index in [1.165, 1.54) is 0 Å². The van der Waals surface area contributed by atoms with Gasteiger partial charge in [0.15, 0.2) is 0 Å². The van der Waals surface area contributed by atoms with Crippen molar-refractivity contribution in [2.75, 3.05) is 0 Å². The smallest absolute Gasteiger partial charge is 0.216 e. The van der Waals surface area contributed by atoms with Gasteiger partial charge in [-0.25, -0.2) is 13.1 Å². The second-order valence-corrected chi connectivity index (χ2v) is 7.51. The Hall–Kier alpha value is -0.420. The molecule has 0 aromatic rings. The summed E-state index contributed by atoms with van der Waals surface area (Å²) in [6.07, 6.45) is 2.26. The largest absolute Gasteiger partial charge is 0.300 e. The average Bonchev–Trinajstić information content (AvgIpc) is 2.06. The molecular weight excluding hydrogens is 214 g/mol. The van der Waals surface area contributed by atoms with E-state index in [1.807, 2.05) is 0 Å². The molecule has 0 atom stereocenters. The minimum Gasteiger partial charge on any atom is -0.300 e. The van der Waals surface area contributed by atoms with Crippen molar-refractivity contribution >= 4 is 15.8 Å². The molecule has 0 heterocycles. The third-order valence-corrected chi connectivity index (χ3v) is 4.93. The Kier molecular flexibility index (Phi) is 3.55. The molecule has 0 aromatic carbocycles. The zero-order chi connectivity index (χ0) is 11.7. The van der Waals surface area contributed by atoms with E-state index in [0.717, 1.165) is 0 Å². The number of carbonyl (C=O) groups excluding carboxylic acids is 1. The number of nitrogens with one attached hydrogen (secondary N) is 1. The fraction of sp³-hybridized carbons (Fsp3) is 0.900. The van der Waals surface area contributed by atoms with Crippen molar-refractivity contribution in [3.63, 3.8) is 0 Å². The lowest BCUT2D eigenvalue weighted by Crippen LogP contribution is -2.45. The molecule has 15 heavy (non-hydrogen) atoms. The molecule has 0 bridgehead atoms. The molecule has 5 heteroatoms. The van der Waals surface area contributed by atoms with E-state index < -0.39 is 14.8 Å². The Morgan fingerprint density at radius 3 is 2.07 bits per heavy atom. The van der Waals surface area contributed by atoms with Crippen molar-refractivity contribution < 1.29 is 13.2 Å². The van der Waals surface area contributed by atoms with Gasteiger partial charge in [-0.2, -0.15) is 0 Å². The van der Waals surface area contributed by atoms with Gasteiger partial charge >= 0.3 is 0 Å². The van der Waals surface area contributed by atoms with Gasteiger partial charge in [-0.05, 0) is 33.6 Å². The summed E-state index contributed by atoms with van der Waals surface area (Å²) < 4.78 is 25.5. The molecule has 1 aliphatic rings. The molecule has 0 amide bonds. The fourth-order valence-corrected chi connectivity index (χ4v) is 2.48. The molecule has 0 saturated heterocycles. The maximum absolute atomic E-state index is 11.8. The van der Waals surface area contributed by atoms with Crippen LogP contribution in [0.5, 0.6) is 0 Å². The first-order chi connectivity index (χ1) is 6.72. The highest BCUT2D eigenvalue weighted by Crippen LogP contribution is 2.19. The van der Waals surface area contributed by atoms with Gasteiger partial charge in [0.1, 0.15) is 5.78 Å². The third kappa shape index (κ3) is 3.28. The van der Waals surface area contributed by atoms with Gasteiger partial charge in [-0.15, -0.1) is 0 Å². The summed E-state index contributed by atoms with van der Waals surface area (Å²) in [5.74, 6) is 0.237. The first-order valence-electron chi connectivity index (χ1n) is 5.26. The van der Waals surface area contributed by atoms with Gasteiger partial charge < -0.3 is 0 Å². The zero-order valence-electron chi connectivity index (χ0n) is 9.54. The van der Waals surface area contributed by atoms with Crippen LogP contribution >= 0.6 is 0 Å². The van der Waals surface area contributed by atoms with E-state index in [9.17, 15) is 13.2 Å². The molecule has 0 aliphatic heterocycles. The first-order valence-corrected chi connectivity index (χ1v) is 6.74. The molecule has 1 N–H and O–H groups in total. The number of hydrogen-bond donors (Lipinski definition) is 1. The Balaban J connectivity index is 2.60. The van der Waals surface area contributed by atoms with Crippen LogP contribution in [0.1, 0.15) is 46.5 Å². The average molecular weight is 233 g/mol. The van der Waals surface area contributed by atoms with Gasteiger partial charge in [-0.1, -0.05) is 0 Å². The quantitative estimate of drug-likeness (QED) is 0.780. The van der Waals surface area contributed by atoms with Gasteiger partial charge in [0.05, 0.1) is 4.75 Å². The highest BCUT2D eigenvalue weighted by atomic mass is 32.2. The maximum Gasteiger partial charge on any atom is 0.216 e. The van der Waals surface area contributed by atoms with Crippen LogP contribution in [0.15, 0.2) is 0 Å². The highest BCUT2D eigenvalue weighted by molar-refractivity contribution is 7.90. The number of rotatable bonds is 2. The van der Waals surface area contributed by atoms with E-state index in [-0.39, 0.29) is 11.8 Å². The topological polar surface area (TPSA) is 63.2 Å². The molecule has 0 aromatic heterocycles. The Bertz CT molecular complexity index is 330. The molecule has 0 unspecified atom stereocenters. The summed E-state index contributed by atoms with van der Waals surface area (Å²) in [7, 11) is -3.28. The van der Waals surface area contributed by atoms with Crippen LogP contribution in [0.4, 0.5) is 0 Å². The second-order valence-electron chi connectivity index (χ2n) is 5.05. The van der Waals surface area contributed by atoms with Crippen LogP contribution in [0.2, 0.25) is 0 Å². The summed E-state index contributed by atoms with van der Waals surface area (Å²) in [6.45, 7) is 5.01. The predicted octanol–water partition coefficient (Wildman–Crippen LogP) is 1.22. The summed E-state index contributed by atoms with van der Waals surface area (Å²) in [4.78, 5) is 11.0. The summed E-state index contributed by atoms with van der Waals surface area (Å²) in [6, 6.07) is -0.0630. The van der Waals surface area contributed by atoms with Crippen molar-refractivity contribution in [2.45, 2.75) is 57.2 Å². The van der Waals surface area contributed by atoms with E-state index in [1.54, 1.807) is 20.8 Å². The third-order valence-electron chi connectivity index (χ3n) is 2.67. The molecule has 88 valence electrons. The van der Waals surface area contributed by atoms with E-state index in [4.69, 9.17) is 0 Å². The second kappa shape index (κ2) is 4.22. The molecule has 0 spiro atoms. The lowest BCUT2D eigenvalue weighted by molar-refractivity contribution is -0.120. The minimum absolute atomic E-state index is 0.0630. The summed E-state index contributed by atoms with van der Waals surface area (Å²) >= 11 is 0.